The van der Waals surface area contributed by atoms with Crippen LogP contribution in [-0.4, -0.2) is 37.2 Å². The number of halogens is 3. The van der Waals surface area contributed by atoms with Gasteiger partial charge in [-0.3, -0.25) is 4.79 Å². The maximum atomic E-state index is 12.9. The van der Waals surface area contributed by atoms with Crippen LogP contribution in [0.2, 0.25) is 0 Å². The minimum absolute atomic E-state index is 0.0146. The number of morpholine rings is 1. The molecule has 1 aliphatic rings. The van der Waals surface area contributed by atoms with Gasteiger partial charge in [-0.25, -0.2) is 4.98 Å². The van der Waals surface area contributed by atoms with Crippen LogP contribution < -0.4 is 10.2 Å². The van der Waals surface area contributed by atoms with E-state index in [1.54, 1.807) is 18.3 Å². The van der Waals surface area contributed by atoms with Crippen molar-refractivity contribution in [2.45, 2.75) is 6.18 Å². The van der Waals surface area contributed by atoms with Crippen molar-refractivity contribution in [2.24, 2.45) is 0 Å². The highest BCUT2D eigenvalue weighted by atomic mass is 19.4. The van der Waals surface area contributed by atoms with Gasteiger partial charge in [-0.1, -0.05) is 12.1 Å². The quantitative estimate of drug-likeness (QED) is 0.680. The molecule has 1 amide bonds. The summed E-state index contributed by atoms with van der Waals surface area (Å²) in [4.78, 5) is 19.0. The van der Waals surface area contributed by atoms with E-state index in [0.29, 0.717) is 37.8 Å². The summed E-state index contributed by atoms with van der Waals surface area (Å²) in [5.41, 5.74) is -0.0337. The fourth-order valence-electron chi connectivity index (χ4n) is 3.17. The van der Waals surface area contributed by atoms with E-state index < -0.39 is 17.6 Å². The second-order valence-electron chi connectivity index (χ2n) is 6.67. The van der Waals surface area contributed by atoms with Gasteiger partial charge in [-0.15, -0.1) is 0 Å². The summed E-state index contributed by atoms with van der Waals surface area (Å²) < 4.78 is 49.7. The van der Waals surface area contributed by atoms with Crippen LogP contribution in [0.4, 0.5) is 24.7 Å². The highest BCUT2D eigenvalue weighted by molar-refractivity contribution is 6.04. The number of ether oxygens (including phenoxy) is 1. The third-order valence-corrected chi connectivity index (χ3v) is 4.65. The van der Waals surface area contributed by atoms with Crippen LogP contribution >= 0.6 is 0 Å². The van der Waals surface area contributed by atoms with Gasteiger partial charge in [0.05, 0.1) is 24.5 Å². The van der Waals surface area contributed by atoms with Gasteiger partial charge < -0.3 is 19.4 Å². The fourth-order valence-corrected chi connectivity index (χ4v) is 3.17. The molecule has 0 spiro atoms. The number of furan rings is 1. The van der Waals surface area contributed by atoms with Crippen LogP contribution in [0.3, 0.4) is 0 Å². The molecule has 2 aromatic heterocycles. The Morgan fingerprint density at radius 3 is 2.63 bits per heavy atom. The normalized spacial score (nSPS) is 14.6. The number of amides is 1. The van der Waals surface area contributed by atoms with Gasteiger partial charge in [0.2, 0.25) is 0 Å². The summed E-state index contributed by atoms with van der Waals surface area (Å²) in [5.74, 6) is 0.263. The standard InChI is InChI=1S/C21H18F3N3O3/c22-21(23,24)15-4-1-3-14(13-15)17-6-7-18(30-17)20(28)26-16-5-2-8-25-19(16)27-9-11-29-12-10-27/h1-8,13H,9-12H2,(H,26,28). The molecule has 9 heteroatoms. The first-order chi connectivity index (χ1) is 14.4. The van der Waals surface area contributed by atoms with Crippen molar-refractivity contribution in [3.05, 3.63) is 66.1 Å². The molecule has 3 heterocycles. The number of rotatable bonds is 4. The molecule has 1 N–H and O–H groups in total. The molecule has 1 aromatic carbocycles. The Hall–Kier alpha value is -3.33. The molecule has 0 unspecified atom stereocenters. The molecule has 0 atom stereocenters. The summed E-state index contributed by atoms with van der Waals surface area (Å²) in [7, 11) is 0. The maximum absolute atomic E-state index is 12.9. The average Bonchev–Trinajstić information content (AvgIpc) is 3.25. The fraction of sp³-hybridized carbons (Fsp3) is 0.238. The Kier molecular flexibility index (Phi) is 5.45. The lowest BCUT2D eigenvalue weighted by atomic mass is 10.1. The largest absolute Gasteiger partial charge is 0.451 e. The first-order valence-electron chi connectivity index (χ1n) is 9.28. The molecule has 6 nitrogen and oxygen atoms in total. The number of alkyl halides is 3. The van der Waals surface area contributed by atoms with Crippen molar-refractivity contribution in [1.82, 2.24) is 4.98 Å². The molecule has 0 aliphatic carbocycles. The molecule has 4 rings (SSSR count). The second kappa shape index (κ2) is 8.19. The molecule has 30 heavy (non-hydrogen) atoms. The van der Waals surface area contributed by atoms with E-state index in [9.17, 15) is 18.0 Å². The number of anilines is 2. The number of nitrogens with one attached hydrogen (secondary N) is 1. The topological polar surface area (TPSA) is 67.6 Å². The van der Waals surface area contributed by atoms with E-state index >= 15 is 0 Å². The summed E-state index contributed by atoms with van der Waals surface area (Å²) in [6.07, 6.45) is -2.82. The molecule has 1 saturated heterocycles. The van der Waals surface area contributed by atoms with Crippen LogP contribution in [0, 0.1) is 0 Å². The molecule has 0 bridgehead atoms. The van der Waals surface area contributed by atoms with E-state index in [0.717, 1.165) is 12.1 Å². The number of carbonyl (C=O) groups excluding carboxylic acids is 1. The summed E-state index contributed by atoms with van der Waals surface area (Å²) in [6.45, 7) is 2.45. The zero-order valence-electron chi connectivity index (χ0n) is 15.8. The Bertz CT molecular complexity index is 1040. The minimum Gasteiger partial charge on any atom is -0.451 e. The first-order valence-corrected chi connectivity index (χ1v) is 9.28. The van der Waals surface area contributed by atoms with Crippen LogP contribution in [0.15, 0.2) is 59.1 Å². The summed E-state index contributed by atoms with van der Waals surface area (Å²) >= 11 is 0. The zero-order valence-corrected chi connectivity index (χ0v) is 15.8. The van der Waals surface area contributed by atoms with Gasteiger partial charge in [0.25, 0.3) is 5.91 Å². The molecular formula is C21H18F3N3O3. The number of aromatic nitrogens is 1. The van der Waals surface area contributed by atoms with E-state index in [2.05, 4.69) is 10.3 Å². The van der Waals surface area contributed by atoms with Gasteiger partial charge in [0.15, 0.2) is 11.6 Å². The van der Waals surface area contributed by atoms with E-state index in [-0.39, 0.29) is 17.1 Å². The molecule has 1 fully saturated rings. The van der Waals surface area contributed by atoms with Crippen LogP contribution in [-0.2, 0) is 10.9 Å². The van der Waals surface area contributed by atoms with E-state index in [4.69, 9.17) is 9.15 Å². The number of benzene rings is 1. The molecule has 1 aliphatic heterocycles. The van der Waals surface area contributed by atoms with Crippen LogP contribution in [0.1, 0.15) is 16.1 Å². The monoisotopic (exact) mass is 417 g/mol. The van der Waals surface area contributed by atoms with Crippen LogP contribution in [0.25, 0.3) is 11.3 Å². The van der Waals surface area contributed by atoms with Crippen molar-refractivity contribution >= 4 is 17.4 Å². The maximum Gasteiger partial charge on any atom is 0.416 e. The Balaban J connectivity index is 1.53. The van der Waals surface area contributed by atoms with Gasteiger partial charge in [0, 0.05) is 24.8 Å². The smallest absolute Gasteiger partial charge is 0.416 e. The molecule has 0 radical (unpaired) electrons. The van der Waals surface area contributed by atoms with Gasteiger partial charge in [-0.05, 0) is 36.4 Å². The number of hydrogen-bond donors (Lipinski definition) is 1. The highest BCUT2D eigenvalue weighted by Crippen LogP contribution is 2.33. The van der Waals surface area contributed by atoms with Crippen molar-refractivity contribution in [3.63, 3.8) is 0 Å². The summed E-state index contributed by atoms with van der Waals surface area (Å²) in [6, 6.07) is 11.1. The third-order valence-electron chi connectivity index (χ3n) is 4.65. The van der Waals surface area contributed by atoms with Crippen molar-refractivity contribution in [2.75, 3.05) is 36.5 Å². The van der Waals surface area contributed by atoms with Gasteiger partial charge in [0.1, 0.15) is 5.76 Å². The number of nitrogens with zero attached hydrogens (tertiary/aromatic N) is 2. The minimum atomic E-state index is -4.46. The molecule has 3 aromatic rings. The molecule has 156 valence electrons. The lowest BCUT2D eigenvalue weighted by molar-refractivity contribution is -0.137. The second-order valence-corrected chi connectivity index (χ2v) is 6.67. The summed E-state index contributed by atoms with van der Waals surface area (Å²) in [5, 5.41) is 2.77. The van der Waals surface area contributed by atoms with Crippen LogP contribution in [0.5, 0.6) is 0 Å². The molecular weight excluding hydrogens is 399 g/mol. The number of carbonyl (C=O) groups is 1. The Labute approximate surface area is 170 Å². The van der Waals surface area contributed by atoms with Gasteiger partial charge >= 0.3 is 6.18 Å². The average molecular weight is 417 g/mol. The van der Waals surface area contributed by atoms with E-state index in [1.807, 2.05) is 4.90 Å². The zero-order chi connectivity index (χ0) is 21.1. The predicted molar refractivity (Wildman–Crippen MR) is 104 cm³/mol. The van der Waals surface area contributed by atoms with Gasteiger partial charge in [-0.2, -0.15) is 13.2 Å². The number of pyridine rings is 1. The Morgan fingerprint density at radius 2 is 1.87 bits per heavy atom. The van der Waals surface area contributed by atoms with Crippen molar-refractivity contribution in [3.8, 4) is 11.3 Å². The highest BCUT2D eigenvalue weighted by Gasteiger charge is 2.30. The molecule has 0 saturated carbocycles. The van der Waals surface area contributed by atoms with Crippen molar-refractivity contribution < 1.29 is 27.1 Å². The lowest BCUT2D eigenvalue weighted by Gasteiger charge is -2.29. The Morgan fingerprint density at radius 1 is 1.07 bits per heavy atom. The first kappa shape index (κ1) is 20.0. The number of hydrogen-bond acceptors (Lipinski definition) is 5. The van der Waals surface area contributed by atoms with Crippen molar-refractivity contribution in [1.29, 1.82) is 0 Å². The van der Waals surface area contributed by atoms with E-state index in [1.165, 1.54) is 24.3 Å². The lowest BCUT2D eigenvalue weighted by Crippen LogP contribution is -2.37. The predicted octanol–water partition coefficient (Wildman–Crippen LogP) is 4.45. The third kappa shape index (κ3) is 4.30. The SMILES string of the molecule is O=C(Nc1cccnc1N1CCOCC1)c1ccc(-c2cccc(C(F)(F)F)c2)o1.